The van der Waals surface area contributed by atoms with Crippen molar-refractivity contribution in [3.63, 3.8) is 0 Å². The van der Waals surface area contributed by atoms with Crippen molar-refractivity contribution in [1.29, 1.82) is 0 Å². The molecule has 18 heavy (non-hydrogen) atoms. The number of halogens is 1. The number of aromatic nitrogens is 4. The Morgan fingerprint density at radius 1 is 1.39 bits per heavy atom. The molecule has 5 nitrogen and oxygen atoms in total. The molecule has 7 heteroatoms. The molecular formula is C11H14FN5S. The van der Waals surface area contributed by atoms with Crippen LogP contribution in [0.5, 0.6) is 0 Å². The Morgan fingerprint density at radius 3 is 2.83 bits per heavy atom. The lowest BCUT2D eigenvalue weighted by atomic mass is 10.3. The normalized spacial score (nSPS) is 11.1. The van der Waals surface area contributed by atoms with Gasteiger partial charge in [0, 0.05) is 18.0 Å². The second-order valence-corrected chi connectivity index (χ2v) is 5.05. The van der Waals surface area contributed by atoms with Crippen molar-refractivity contribution in [3.05, 3.63) is 29.8 Å². The summed E-state index contributed by atoms with van der Waals surface area (Å²) in [6.45, 7) is 4.01. The van der Waals surface area contributed by atoms with Gasteiger partial charge in [-0.05, 0) is 25.5 Å². The fraction of sp³-hybridized carbons (Fsp3) is 0.364. The highest BCUT2D eigenvalue weighted by molar-refractivity contribution is 7.98. The number of rotatable bonds is 4. The Bertz CT molecular complexity index is 540. The van der Waals surface area contributed by atoms with E-state index in [1.54, 1.807) is 6.20 Å². The summed E-state index contributed by atoms with van der Waals surface area (Å²) in [5.74, 6) is 0.637. The number of hydrogen-bond donors (Lipinski definition) is 1. The molecule has 96 valence electrons. The minimum atomic E-state index is -0.335. The first-order valence-corrected chi connectivity index (χ1v) is 6.49. The van der Waals surface area contributed by atoms with E-state index < -0.39 is 0 Å². The van der Waals surface area contributed by atoms with E-state index in [4.69, 9.17) is 5.73 Å². The van der Waals surface area contributed by atoms with Crippen molar-refractivity contribution in [2.45, 2.75) is 30.8 Å². The lowest BCUT2D eigenvalue weighted by molar-refractivity contribution is 0.557. The maximum Gasteiger partial charge on any atom is 0.222 e. The molecule has 0 bridgehead atoms. The van der Waals surface area contributed by atoms with E-state index in [-0.39, 0.29) is 11.9 Å². The molecule has 0 aromatic carbocycles. The third kappa shape index (κ3) is 2.79. The number of pyridine rings is 1. The van der Waals surface area contributed by atoms with Gasteiger partial charge in [0.25, 0.3) is 0 Å². The number of nitrogen functional groups attached to an aromatic ring is 1. The summed E-state index contributed by atoms with van der Waals surface area (Å²) < 4.78 is 14.8. The Hall–Kier alpha value is -1.63. The van der Waals surface area contributed by atoms with Crippen molar-refractivity contribution >= 4 is 17.7 Å². The second-order valence-electron chi connectivity index (χ2n) is 4.10. The highest BCUT2D eigenvalue weighted by Gasteiger charge is 2.12. The van der Waals surface area contributed by atoms with Crippen LogP contribution in [0.4, 0.5) is 10.3 Å². The van der Waals surface area contributed by atoms with Gasteiger partial charge in [-0.2, -0.15) is 0 Å². The summed E-state index contributed by atoms with van der Waals surface area (Å²) >= 11 is 1.46. The van der Waals surface area contributed by atoms with E-state index >= 15 is 0 Å². The number of nitrogens with two attached hydrogens (primary N) is 1. The third-order valence-corrected chi connectivity index (χ3v) is 3.35. The minimum Gasteiger partial charge on any atom is -0.368 e. The third-order valence-electron chi connectivity index (χ3n) is 2.34. The molecule has 0 aliphatic carbocycles. The summed E-state index contributed by atoms with van der Waals surface area (Å²) in [7, 11) is 0. The number of nitrogens with zero attached hydrogens (tertiary/aromatic N) is 4. The highest BCUT2D eigenvalue weighted by atomic mass is 32.2. The first kappa shape index (κ1) is 12.8. The number of hydrogen-bond acceptors (Lipinski definition) is 5. The quantitative estimate of drug-likeness (QED) is 0.860. The fourth-order valence-corrected chi connectivity index (χ4v) is 2.55. The van der Waals surface area contributed by atoms with Crippen LogP contribution in [0, 0.1) is 5.82 Å². The fourth-order valence-electron chi connectivity index (χ4n) is 1.55. The molecule has 0 radical (unpaired) electrons. The number of anilines is 1. The van der Waals surface area contributed by atoms with Crippen molar-refractivity contribution in [2.24, 2.45) is 0 Å². The Balaban J connectivity index is 2.11. The van der Waals surface area contributed by atoms with Crippen LogP contribution in [-0.4, -0.2) is 19.7 Å². The van der Waals surface area contributed by atoms with Gasteiger partial charge in [0.05, 0.1) is 6.20 Å². The van der Waals surface area contributed by atoms with Gasteiger partial charge in [-0.25, -0.2) is 4.39 Å². The molecule has 0 saturated carbocycles. The van der Waals surface area contributed by atoms with E-state index in [0.717, 1.165) is 10.7 Å². The summed E-state index contributed by atoms with van der Waals surface area (Å²) in [5, 5.41) is 8.59. The van der Waals surface area contributed by atoms with Gasteiger partial charge in [0.2, 0.25) is 5.95 Å². The topological polar surface area (TPSA) is 69.6 Å². The van der Waals surface area contributed by atoms with Crippen LogP contribution >= 0.6 is 11.8 Å². The predicted molar refractivity (Wildman–Crippen MR) is 68.6 cm³/mol. The van der Waals surface area contributed by atoms with Gasteiger partial charge in [-0.1, -0.05) is 11.8 Å². The molecule has 0 spiro atoms. The van der Waals surface area contributed by atoms with Crippen LogP contribution in [0.2, 0.25) is 0 Å². The largest absolute Gasteiger partial charge is 0.368 e. The predicted octanol–water partition coefficient (Wildman–Crippen LogP) is 2.27. The van der Waals surface area contributed by atoms with Gasteiger partial charge in [-0.15, -0.1) is 10.2 Å². The Morgan fingerprint density at radius 2 is 2.17 bits per heavy atom. The Kier molecular flexibility index (Phi) is 3.81. The van der Waals surface area contributed by atoms with Crippen LogP contribution in [-0.2, 0) is 5.75 Å². The second kappa shape index (κ2) is 5.34. The zero-order chi connectivity index (χ0) is 13.1. The molecule has 2 aromatic rings. The van der Waals surface area contributed by atoms with E-state index in [0.29, 0.717) is 11.7 Å². The minimum absolute atomic E-state index is 0.188. The van der Waals surface area contributed by atoms with Crippen LogP contribution in [0.1, 0.15) is 25.5 Å². The average Bonchev–Trinajstić information content (AvgIpc) is 2.68. The summed E-state index contributed by atoms with van der Waals surface area (Å²) in [6.07, 6.45) is 2.82. The van der Waals surface area contributed by atoms with Crippen LogP contribution in [0.15, 0.2) is 23.6 Å². The van der Waals surface area contributed by atoms with Crippen molar-refractivity contribution in [3.8, 4) is 0 Å². The van der Waals surface area contributed by atoms with E-state index in [1.807, 2.05) is 18.4 Å². The molecule has 2 N–H and O–H groups in total. The standard InChI is InChI=1S/C11H14FN5S/c1-7(2)17-10(13)15-16-11(17)18-6-8-3-9(12)5-14-4-8/h3-5,7H,6H2,1-2H3,(H2,13,15). The molecule has 2 rings (SSSR count). The molecule has 0 fully saturated rings. The summed E-state index contributed by atoms with van der Waals surface area (Å²) in [6, 6.07) is 1.65. The number of thioether (sulfide) groups is 1. The molecule has 0 atom stereocenters. The van der Waals surface area contributed by atoms with Gasteiger partial charge < -0.3 is 5.73 Å². The lowest BCUT2D eigenvalue weighted by Gasteiger charge is -2.11. The van der Waals surface area contributed by atoms with E-state index in [9.17, 15) is 4.39 Å². The van der Waals surface area contributed by atoms with Crippen LogP contribution in [0.3, 0.4) is 0 Å². The van der Waals surface area contributed by atoms with Gasteiger partial charge in [-0.3, -0.25) is 9.55 Å². The molecule has 0 unspecified atom stereocenters. The maximum atomic E-state index is 13.0. The molecule has 0 amide bonds. The first-order valence-electron chi connectivity index (χ1n) is 5.50. The molecule has 0 aliphatic rings. The van der Waals surface area contributed by atoms with Crippen LogP contribution in [0.25, 0.3) is 0 Å². The monoisotopic (exact) mass is 267 g/mol. The van der Waals surface area contributed by atoms with Crippen molar-refractivity contribution in [1.82, 2.24) is 19.7 Å². The SMILES string of the molecule is CC(C)n1c(N)nnc1SCc1cncc(F)c1. The maximum absolute atomic E-state index is 13.0. The van der Waals surface area contributed by atoms with Gasteiger partial charge >= 0.3 is 0 Å². The van der Waals surface area contributed by atoms with E-state index in [2.05, 4.69) is 15.2 Å². The zero-order valence-electron chi connectivity index (χ0n) is 10.2. The van der Waals surface area contributed by atoms with Gasteiger partial charge in [0.1, 0.15) is 5.82 Å². The van der Waals surface area contributed by atoms with Crippen LogP contribution < -0.4 is 5.73 Å². The van der Waals surface area contributed by atoms with E-state index in [1.165, 1.54) is 24.0 Å². The summed E-state index contributed by atoms with van der Waals surface area (Å²) in [5.41, 5.74) is 6.54. The highest BCUT2D eigenvalue weighted by Crippen LogP contribution is 2.25. The Labute approximate surface area is 109 Å². The molecule has 2 aromatic heterocycles. The lowest BCUT2D eigenvalue weighted by Crippen LogP contribution is -2.07. The van der Waals surface area contributed by atoms with Gasteiger partial charge in [0.15, 0.2) is 5.16 Å². The zero-order valence-corrected chi connectivity index (χ0v) is 11.0. The molecular weight excluding hydrogens is 253 g/mol. The molecule has 0 aliphatic heterocycles. The summed E-state index contributed by atoms with van der Waals surface area (Å²) in [4.78, 5) is 3.80. The van der Waals surface area contributed by atoms with Crippen molar-refractivity contribution in [2.75, 3.05) is 5.73 Å². The molecule has 0 saturated heterocycles. The first-order chi connectivity index (χ1) is 8.58. The average molecular weight is 267 g/mol. The molecule has 2 heterocycles. The van der Waals surface area contributed by atoms with Crippen molar-refractivity contribution < 1.29 is 4.39 Å². The smallest absolute Gasteiger partial charge is 0.222 e.